The van der Waals surface area contributed by atoms with Gasteiger partial charge >= 0.3 is 0 Å². The zero-order valence-electron chi connectivity index (χ0n) is 16.3. The highest BCUT2D eigenvalue weighted by Gasteiger charge is 2.58. The van der Waals surface area contributed by atoms with E-state index in [0.717, 1.165) is 18.1 Å². The van der Waals surface area contributed by atoms with E-state index in [1.807, 2.05) is 18.2 Å². The first-order chi connectivity index (χ1) is 12.3. The highest BCUT2D eigenvalue weighted by molar-refractivity contribution is 5.94. The Morgan fingerprint density at radius 2 is 2.08 bits per heavy atom. The van der Waals surface area contributed by atoms with Gasteiger partial charge in [-0.3, -0.25) is 9.79 Å². The lowest BCUT2D eigenvalue weighted by Gasteiger charge is -2.59. The summed E-state index contributed by atoms with van der Waals surface area (Å²) in [5, 5.41) is 9.86. The maximum Gasteiger partial charge on any atom is 0.225 e. The van der Waals surface area contributed by atoms with Gasteiger partial charge in [-0.25, -0.2) is 0 Å². The molecule has 1 amide bonds. The van der Waals surface area contributed by atoms with E-state index in [1.54, 1.807) is 14.2 Å². The number of amides is 1. The monoisotopic (exact) mass is 358 g/mol. The number of methoxy groups -OCH3 is 1. The first-order valence-electron chi connectivity index (χ1n) is 9.22. The molecule has 0 spiro atoms. The van der Waals surface area contributed by atoms with Crippen molar-refractivity contribution in [2.24, 2.45) is 10.4 Å². The fourth-order valence-electron chi connectivity index (χ4n) is 3.99. The second-order valence-electron chi connectivity index (χ2n) is 8.05. The lowest BCUT2D eigenvalue weighted by atomic mass is 9.56. The molecule has 1 heterocycles. The zero-order valence-corrected chi connectivity index (χ0v) is 16.3. The topological polar surface area (TPSA) is 74.8 Å². The van der Waals surface area contributed by atoms with Crippen LogP contribution in [0, 0.1) is 5.41 Å². The summed E-state index contributed by atoms with van der Waals surface area (Å²) in [4.78, 5) is 16.3. The molecule has 3 atom stereocenters. The van der Waals surface area contributed by atoms with Crippen LogP contribution in [0.1, 0.15) is 45.1 Å². The number of anilines is 1. The van der Waals surface area contributed by atoms with Gasteiger partial charge in [-0.1, -0.05) is 32.0 Å². The van der Waals surface area contributed by atoms with Crippen LogP contribution in [0.25, 0.3) is 0 Å². The molecule has 3 N–H and O–H groups in total. The second-order valence-corrected chi connectivity index (χ2v) is 8.05. The first kappa shape index (κ1) is 18.7. The normalized spacial score (nSPS) is 30.0. The average molecular weight is 358 g/mol. The predicted molar refractivity (Wildman–Crippen MR) is 105 cm³/mol. The van der Waals surface area contributed by atoms with Crippen molar-refractivity contribution < 1.29 is 9.53 Å². The number of carbonyl (C=O) groups excluding carboxylic acids is 1. The van der Waals surface area contributed by atoms with Crippen LogP contribution in [0.2, 0.25) is 0 Å². The number of aliphatic imine (C=N–C) groups is 1. The molecular formula is C20H30N4O2. The number of rotatable bonds is 4. The molecular weight excluding hydrogens is 328 g/mol. The molecule has 0 saturated heterocycles. The number of fused-ring (bicyclic) bond motifs is 1. The number of carbonyl (C=O) groups is 1. The third-order valence-corrected chi connectivity index (χ3v) is 6.44. The Balaban J connectivity index is 1.62. The molecule has 26 heavy (non-hydrogen) atoms. The summed E-state index contributed by atoms with van der Waals surface area (Å²) >= 11 is 0. The van der Waals surface area contributed by atoms with Crippen LogP contribution < -0.4 is 16.0 Å². The summed E-state index contributed by atoms with van der Waals surface area (Å²) < 4.78 is 5.70. The van der Waals surface area contributed by atoms with Crippen LogP contribution in [0.5, 0.6) is 0 Å². The minimum atomic E-state index is -0.121. The van der Waals surface area contributed by atoms with E-state index in [0.29, 0.717) is 19.0 Å². The zero-order chi connectivity index (χ0) is 18.9. The Hall–Kier alpha value is -2.08. The number of benzene rings is 1. The molecule has 2 aliphatic rings. The third-order valence-electron chi connectivity index (χ3n) is 6.44. The van der Waals surface area contributed by atoms with Crippen molar-refractivity contribution in [3.05, 3.63) is 29.8 Å². The van der Waals surface area contributed by atoms with E-state index in [-0.39, 0.29) is 22.8 Å². The number of para-hydroxylation sites is 1. The Morgan fingerprint density at radius 3 is 2.73 bits per heavy atom. The summed E-state index contributed by atoms with van der Waals surface area (Å²) in [5.41, 5.74) is 1.97. The van der Waals surface area contributed by atoms with Gasteiger partial charge in [0.05, 0.1) is 5.60 Å². The van der Waals surface area contributed by atoms with E-state index in [2.05, 4.69) is 47.8 Å². The molecule has 6 nitrogen and oxygen atoms in total. The largest absolute Gasteiger partial charge is 0.378 e. The Labute approximate surface area is 155 Å². The van der Waals surface area contributed by atoms with Gasteiger partial charge in [-0.05, 0) is 25.0 Å². The van der Waals surface area contributed by atoms with E-state index in [1.165, 1.54) is 5.56 Å². The Bertz CT molecular complexity index is 716. The van der Waals surface area contributed by atoms with Gasteiger partial charge in [0.25, 0.3) is 0 Å². The first-order valence-corrected chi connectivity index (χ1v) is 9.22. The molecule has 0 aromatic heterocycles. The van der Waals surface area contributed by atoms with Gasteiger partial charge in [-0.2, -0.15) is 0 Å². The lowest BCUT2D eigenvalue weighted by Crippen LogP contribution is -2.69. The van der Waals surface area contributed by atoms with Gasteiger partial charge in [0.2, 0.25) is 5.91 Å². The number of nitrogens with zero attached hydrogens (tertiary/aromatic N) is 1. The fourth-order valence-corrected chi connectivity index (χ4v) is 3.99. The van der Waals surface area contributed by atoms with Crippen LogP contribution in [0.15, 0.2) is 29.3 Å². The molecule has 1 aliphatic heterocycles. The van der Waals surface area contributed by atoms with E-state index >= 15 is 0 Å². The lowest BCUT2D eigenvalue weighted by molar-refractivity contribution is -0.176. The van der Waals surface area contributed by atoms with E-state index < -0.39 is 0 Å². The quantitative estimate of drug-likeness (QED) is 0.571. The molecule has 0 radical (unpaired) electrons. The molecule has 142 valence electrons. The van der Waals surface area contributed by atoms with Gasteiger partial charge in [0.15, 0.2) is 5.96 Å². The highest BCUT2D eigenvalue weighted by atomic mass is 16.5. The predicted octanol–water partition coefficient (Wildman–Crippen LogP) is 2.48. The third kappa shape index (κ3) is 3.18. The summed E-state index contributed by atoms with van der Waals surface area (Å²) in [6.45, 7) is 7.25. The SMILES string of the molecule is CN=C(NCC1CC(=O)Nc2ccccc21)NC1CC(C)(OC)C1(C)C. The second kappa shape index (κ2) is 6.91. The van der Waals surface area contributed by atoms with Crippen molar-refractivity contribution in [3.8, 4) is 0 Å². The Kier molecular flexibility index (Phi) is 4.97. The van der Waals surface area contributed by atoms with Crippen molar-refractivity contribution in [2.75, 3.05) is 26.0 Å². The number of ether oxygens (including phenoxy) is 1. The van der Waals surface area contributed by atoms with Crippen molar-refractivity contribution in [3.63, 3.8) is 0 Å². The minimum Gasteiger partial charge on any atom is -0.378 e. The molecule has 3 unspecified atom stereocenters. The van der Waals surface area contributed by atoms with Crippen LogP contribution in [0.3, 0.4) is 0 Å². The number of nitrogens with one attached hydrogen (secondary N) is 3. The Morgan fingerprint density at radius 1 is 1.35 bits per heavy atom. The fraction of sp³-hybridized carbons (Fsp3) is 0.600. The van der Waals surface area contributed by atoms with E-state index in [9.17, 15) is 4.79 Å². The highest BCUT2D eigenvalue weighted by Crippen LogP contribution is 2.51. The summed E-state index contributed by atoms with van der Waals surface area (Å²) in [5.74, 6) is 0.969. The number of hydrogen-bond acceptors (Lipinski definition) is 3. The van der Waals surface area contributed by atoms with Crippen LogP contribution >= 0.6 is 0 Å². The van der Waals surface area contributed by atoms with E-state index in [4.69, 9.17) is 4.74 Å². The van der Waals surface area contributed by atoms with Gasteiger partial charge in [0, 0.05) is 50.2 Å². The molecule has 1 aliphatic carbocycles. The van der Waals surface area contributed by atoms with Crippen LogP contribution in [0.4, 0.5) is 5.69 Å². The van der Waals surface area contributed by atoms with Crippen LogP contribution in [-0.4, -0.2) is 44.2 Å². The summed E-state index contributed by atoms with van der Waals surface area (Å²) in [7, 11) is 3.55. The van der Waals surface area contributed by atoms with Crippen molar-refractivity contribution in [1.29, 1.82) is 0 Å². The molecule has 6 heteroatoms. The van der Waals surface area contributed by atoms with Gasteiger partial charge in [0.1, 0.15) is 0 Å². The van der Waals surface area contributed by atoms with Gasteiger partial charge in [-0.15, -0.1) is 0 Å². The number of guanidine groups is 1. The van der Waals surface area contributed by atoms with Crippen molar-refractivity contribution in [1.82, 2.24) is 10.6 Å². The smallest absolute Gasteiger partial charge is 0.225 e. The molecule has 1 fully saturated rings. The van der Waals surface area contributed by atoms with Crippen molar-refractivity contribution in [2.45, 2.75) is 51.2 Å². The molecule has 1 aromatic carbocycles. The molecule has 1 aromatic rings. The average Bonchev–Trinajstić information content (AvgIpc) is 2.63. The molecule has 1 saturated carbocycles. The minimum absolute atomic E-state index is 0.0106. The molecule has 0 bridgehead atoms. The standard InChI is InChI=1S/C20H30N4O2/c1-19(2)16(11-20(19,3)26-5)24-18(21-4)22-12-13-10-17(25)23-15-9-7-6-8-14(13)15/h6-9,13,16H,10-12H2,1-5H3,(H,23,25)(H2,21,22,24). The number of hydrogen-bond donors (Lipinski definition) is 3. The summed E-state index contributed by atoms with van der Waals surface area (Å²) in [6.07, 6.45) is 1.42. The summed E-state index contributed by atoms with van der Waals surface area (Å²) in [6, 6.07) is 8.28. The molecule has 3 rings (SSSR count). The van der Waals surface area contributed by atoms with Crippen molar-refractivity contribution >= 4 is 17.6 Å². The maximum absolute atomic E-state index is 12.0. The maximum atomic E-state index is 12.0. The van der Waals surface area contributed by atoms with Gasteiger partial charge < -0.3 is 20.7 Å². The van der Waals surface area contributed by atoms with Crippen LogP contribution in [-0.2, 0) is 9.53 Å².